The zero-order valence-corrected chi connectivity index (χ0v) is 12.1. The molecule has 1 heterocycles. The van der Waals surface area contributed by atoms with Crippen molar-refractivity contribution < 1.29 is 14.7 Å². The molecule has 0 amide bonds. The van der Waals surface area contributed by atoms with Crippen LogP contribution in [0.2, 0.25) is 0 Å². The Bertz CT molecular complexity index is 843. The van der Waals surface area contributed by atoms with E-state index in [-0.39, 0.29) is 16.1 Å². The highest BCUT2D eigenvalue weighted by atomic mass is 32.1. The average molecular weight is 310 g/mol. The summed E-state index contributed by atoms with van der Waals surface area (Å²) in [5.41, 5.74) is 0.945. The Morgan fingerprint density at radius 2 is 1.50 bits per heavy atom. The van der Waals surface area contributed by atoms with Crippen molar-refractivity contribution in [3.05, 3.63) is 70.7 Å². The minimum absolute atomic E-state index is 0.0380. The quantitative estimate of drug-likeness (QED) is 0.749. The number of carbonyl (C=O) groups is 2. The molecule has 5 nitrogen and oxygen atoms in total. The van der Waals surface area contributed by atoms with Crippen LogP contribution < -0.4 is 0 Å². The molecule has 0 bridgehead atoms. The second-order valence-corrected chi connectivity index (χ2v) is 5.44. The van der Waals surface area contributed by atoms with Gasteiger partial charge in [0, 0.05) is 11.1 Å². The molecule has 0 aliphatic carbocycles. The fourth-order valence-electron chi connectivity index (χ4n) is 2.00. The fourth-order valence-corrected chi connectivity index (χ4v) is 2.80. The molecule has 0 aliphatic heterocycles. The van der Waals surface area contributed by atoms with E-state index in [9.17, 15) is 9.59 Å². The Morgan fingerprint density at radius 1 is 0.864 bits per heavy atom. The van der Waals surface area contributed by atoms with Crippen LogP contribution in [-0.2, 0) is 0 Å². The molecule has 3 rings (SSSR count). The third-order valence-electron chi connectivity index (χ3n) is 3.04. The minimum atomic E-state index is -1.14. The number of rotatable bonds is 4. The van der Waals surface area contributed by atoms with Gasteiger partial charge in [-0.2, -0.15) is 0 Å². The summed E-state index contributed by atoms with van der Waals surface area (Å²) in [5, 5.41) is 17.9. The number of aromatic nitrogens is 2. The van der Waals surface area contributed by atoms with E-state index in [1.165, 1.54) is 12.1 Å². The fraction of sp³-hybridized carbons (Fsp3) is 0. The van der Waals surface area contributed by atoms with Crippen LogP contribution in [0, 0.1) is 0 Å². The molecule has 6 heteroatoms. The maximum absolute atomic E-state index is 12.5. The van der Waals surface area contributed by atoms with Gasteiger partial charge >= 0.3 is 5.97 Å². The van der Waals surface area contributed by atoms with Crippen LogP contribution in [0.25, 0.3) is 10.6 Å². The van der Waals surface area contributed by atoms with E-state index in [4.69, 9.17) is 5.11 Å². The van der Waals surface area contributed by atoms with Crippen LogP contribution >= 0.6 is 11.3 Å². The highest BCUT2D eigenvalue weighted by molar-refractivity contribution is 7.16. The number of benzene rings is 2. The molecule has 1 N–H and O–H groups in total. The van der Waals surface area contributed by atoms with E-state index in [0.29, 0.717) is 5.01 Å². The van der Waals surface area contributed by atoms with Gasteiger partial charge in [-0.1, -0.05) is 59.9 Å². The van der Waals surface area contributed by atoms with E-state index in [2.05, 4.69) is 10.2 Å². The summed E-state index contributed by atoms with van der Waals surface area (Å²) < 4.78 is 0. The molecule has 2 aromatic carbocycles. The lowest BCUT2D eigenvalue weighted by Crippen LogP contribution is -2.09. The Hall–Kier alpha value is -2.86. The van der Waals surface area contributed by atoms with Crippen LogP contribution in [0.1, 0.15) is 25.7 Å². The van der Waals surface area contributed by atoms with Crippen molar-refractivity contribution in [1.29, 1.82) is 0 Å². The Kier molecular flexibility index (Phi) is 3.76. The molecule has 0 radical (unpaired) electrons. The van der Waals surface area contributed by atoms with Gasteiger partial charge < -0.3 is 5.11 Å². The van der Waals surface area contributed by atoms with Gasteiger partial charge in [0.05, 0.1) is 5.56 Å². The first-order valence-electron chi connectivity index (χ1n) is 6.43. The van der Waals surface area contributed by atoms with Crippen LogP contribution in [0.3, 0.4) is 0 Å². The Labute approximate surface area is 129 Å². The predicted octanol–water partition coefficient (Wildman–Crippen LogP) is 3.13. The van der Waals surface area contributed by atoms with Gasteiger partial charge in [-0.3, -0.25) is 4.79 Å². The van der Waals surface area contributed by atoms with E-state index in [1.807, 2.05) is 30.3 Å². The lowest BCUT2D eigenvalue weighted by atomic mass is 10.0. The van der Waals surface area contributed by atoms with E-state index in [1.54, 1.807) is 12.1 Å². The maximum Gasteiger partial charge on any atom is 0.336 e. The van der Waals surface area contributed by atoms with Crippen molar-refractivity contribution in [2.75, 3.05) is 0 Å². The molecule has 0 unspecified atom stereocenters. The van der Waals surface area contributed by atoms with Crippen molar-refractivity contribution in [2.45, 2.75) is 0 Å². The van der Waals surface area contributed by atoms with E-state index in [0.717, 1.165) is 16.9 Å². The molecule has 0 spiro atoms. The van der Waals surface area contributed by atoms with Crippen molar-refractivity contribution in [3.63, 3.8) is 0 Å². The molecular formula is C16H10N2O3S. The second kappa shape index (κ2) is 5.87. The molecule has 0 aliphatic rings. The van der Waals surface area contributed by atoms with Gasteiger partial charge in [0.2, 0.25) is 5.78 Å². The monoisotopic (exact) mass is 310 g/mol. The Morgan fingerprint density at radius 3 is 2.18 bits per heavy atom. The number of nitrogens with zero attached hydrogens (tertiary/aromatic N) is 2. The molecule has 108 valence electrons. The third-order valence-corrected chi connectivity index (χ3v) is 4.01. The topological polar surface area (TPSA) is 80.1 Å². The molecule has 0 atom stereocenters. The maximum atomic E-state index is 12.5. The number of ketones is 1. The number of carboxylic acid groups (broad SMARTS) is 1. The molecular weight excluding hydrogens is 300 g/mol. The summed E-state index contributed by atoms with van der Waals surface area (Å²) in [7, 11) is 0. The smallest absolute Gasteiger partial charge is 0.336 e. The largest absolute Gasteiger partial charge is 0.478 e. The second-order valence-electron chi connectivity index (χ2n) is 4.46. The number of carboxylic acids is 1. The SMILES string of the molecule is O=C(O)c1ccccc1C(=O)c1nnc(-c2ccccc2)s1. The summed E-state index contributed by atoms with van der Waals surface area (Å²) in [6, 6.07) is 15.5. The van der Waals surface area contributed by atoms with Crippen LogP contribution in [0.4, 0.5) is 0 Å². The molecule has 3 aromatic rings. The van der Waals surface area contributed by atoms with E-state index < -0.39 is 11.8 Å². The van der Waals surface area contributed by atoms with Crippen molar-refractivity contribution >= 4 is 23.1 Å². The van der Waals surface area contributed by atoms with Gasteiger partial charge in [-0.15, -0.1) is 10.2 Å². The zero-order chi connectivity index (χ0) is 15.5. The highest BCUT2D eigenvalue weighted by Gasteiger charge is 2.21. The summed E-state index contributed by atoms with van der Waals surface area (Å²) in [4.78, 5) is 23.7. The summed E-state index contributed by atoms with van der Waals surface area (Å²) in [5.74, 6) is -1.57. The minimum Gasteiger partial charge on any atom is -0.478 e. The lowest BCUT2D eigenvalue weighted by Gasteiger charge is -2.01. The van der Waals surface area contributed by atoms with Gasteiger partial charge in [0.1, 0.15) is 5.01 Å². The van der Waals surface area contributed by atoms with Crippen LogP contribution in [0.15, 0.2) is 54.6 Å². The molecule has 22 heavy (non-hydrogen) atoms. The zero-order valence-electron chi connectivity index (χ0n) is 11.3. The first-order valence-corrected chi connectivity index (χ1v) is 7.24. The number of aromatic carboxylic acids is 1. The molecule has 0 saturated heterocycles. The summed E-state index contributed by atoms with van der Waals surface area (Å²) in [6.07, 6.45) is 0. The average Bonchev–Trinajstić information content (AvgIpc) is 3.05. The van der Waals surface area contributed by atoms with Crippen molar-refractivity contribution in [1.82, 2.24) is 10.2 Å². The third kappa shape index (κ3) is 2.64. The molecule has 1 aromatic heterocycles. The summed E-state index contributed by atoms with van der Waals surface area (Å²) in [6.45, 7) is 0. The van der Waals surface area contributed by atoms with Gasteiger partial charge in [0.15, 0.2) is 5.01 Å². The van der Waals surface area contributed by atoms with Gasteiger partial charge in [0.25, 0.3) is 0 Å². The lowest BCUT2D eigenvalue weighted by molar-refractivity contribution is 0.0693. The van der Waals surface area contributed by atoms with Crippen LogP contribution in [0.5, 0.6) is 0 Å². The number of carbonyl (C=O) groups excluding carboxylic acids is 1. The molecule has 0 fully saturated rings. The standard InChI is InChI=1S/C16H10N2O3S/c19-13(11-8-4-5-9-12(11)16(20)21)15-18-17-14(22-15)10-6-2-1-3-7-10/h1-9H,(H,20,21). The highest BCUT2D eigenvalue weighted by Crippen LogP contribution is 2.25. The van der Waals surface area contributed by atoms with Crippen LogP contribution in [-0.4, -0.2) is 27.1 Å². The van der Waals surface area contributed by atoms with Gasteiger partial charge in [-0.25, -0.2) is 4.79 Å². The first-order chi connectivity index (χ1) is 10.7. The summed E-state index contributed by atoms with van der Waals surface area (Å²) >= 11 is 1.14. The van der Waals surface area contributed by atoms with Gasteiger partial charge in [-0.05, 0) is 6.07 Å². The first kappa shape index (κ1) is 14.1. The van der Waals surface area contributed by atoms with E-state index >= 15 is 0 Å². The number of hydrogen-bond donors (Lipinski definition) is 1. The Balaban J connectivity index is 1.98. The molecule has 0 saturated carbocycles. The van der Waals surface area contributed by atoms with Crippen molar-refractivity contribution in [2.24, 2.45) is 0 Å². The van der Waals surface area contributed by atoms with Crippen molar-refractivity contribution in [3.8, 4) is 10.6 Å². The number of hydrogen-bond acceptors (Lipinski definition) is 5. The predicted molar refractivity (Wildman–Crippen MR) is 82.2 cm³/mol. The normalized spacial score (nSPS) is 10.4.